The van der Waals surface area contributed by atoms with Gasteiger partial charge in [0.15, 0.2) is 6.10 Å². The second kappa shape index (κ2) is 8.91. The summed E-state index contributed by atoms with van der Waals surface area (Å²) in [6.45, 7) is 3.24. The molecule has 2 heterocycles. The van der Waals surface area contributed by atoms with E-state index in [2.05, 4.69) is 30.1 Å². The van der Waals surface area contributed by atoms with Crippen molar-refractivity contribution in [2.24, 2.45) is 0 Å². The van der Waals surface area contributed by atoms with E-state index in [1.165, 1.54) is 11.1 Å². The number of aryl methyl sites for hydroxylation is 1. The fraction of sp³-hybridized carbons (Fsp3) is 0.407. The molecule has 0 spiro atoms. The second-order valence-electron chi connectivity index (χ2n) is 8.82. The smallest absolute Gasteiger partial charge is 0.337 e. The van der Waals surface area contributed by atoms with Crippen LogP contribution < -0.4 is 4.74 Å². The molecule has 2 aromatic carbocycles. The molecular formula is C27H29NO4. The Hall–Kier alpha value is -2.92. The van der Waals surface area contributed by atoms with E-state index in [-0.39, 0.29) is 0 Å². The highest BCUT2D eigenvalue weighted by Crippen LogP contribution is 2.49. The zero-order chi connectivity index (χ0) is 22.1. The summed E-state index contributed by atoms with van der Waals surface area (Å²) in [6.07, 6.45) is 6.73. The van der Waals surface area contributed by atoms with E-state index in [1.807, 2.05) is 18.2 Å². The second-order valence-corrected chi connectivity index (χ2v) is 8.82. The highest BCUT2D eigenvalue weighted by atomic mass is 16.5. The third-order valence-electron chi connectivity index (χ3n) is 6.46. The van der Waals surface area contributed by atoms with Gasteiger partial charge in [-0.15, -0.1) is 0 Å². The molecule has 1 aromatic heterocycles. The lowest BCUT2D eigenvalue weighted by Crippen LogP contribution is -2.18. The van der Waals surface area contributed by atoms with E-state index >= 15 is 0 Å². The highest BCUT2D eigenvalue weighted by molar-refractivity contribution is 5.96. The molecule has 1 saturated carbocycles. The van der Waals surface area contributed by atoms with Crippen LogP contribution in [0, 0.1) is 0 Å². The predicted molar refractivity (Wildman–Crippen MR) is 124 cm³/mol. The number of carboxylic acids is 1. The number of unbranched alkanes of at least 4 members (excludes halogenated alkanes) is 1. The topological polar surface area (TPSA) is 68.7 Å². The van der Waals surface area contributed by atoms with Gasteiger partial charge < -0.3 is 14.6 Å². The SMILES string of the molecule is CCCCOC(C(=O)O)c1c(-c2ccc3c(c2)CCCO3)c(C2CC2)cc2ncccc12. The van der Waals surface area contributed by atoms with Gasteiger partial charge in [0, 0.05) is 23.8 Å². The van der Waals surface area contributed by atoms with Gasteiger partial charge in [0.1, 0.15) is 5.75 Å². The number of carbonyl (C=O) groups is 1. The number of hydrogen-bond donors (Lipinski definition) is 1. The van der Waals surface area contributed by atoms with Crippen molar-refractivity contribution in [3.8, 4) is 16.9 Å². The molecule has 2 aliphatic rings. The largest absolute Gasteiger partial charge is 0.493 e. The number of aliphatic carboxylic acids is 1. The Morgan fingerprint density at radius 1 is 1.28 bits per heavy atom. The van der Waals surface area contributed by atoms with Crippen molar-refractivity contribution < 1.29 is 19.4 Å². The Balaban J connectivity index is 1.76. The van der Waals surface area contributed by atoms with Crippen molar-refractivity contribution in [1.82, 2.24) is 4.98 Å². The normalized spacial score (nSPS) is 16.4. The molecule has 5 nitrogen and oxygen atoms in total. The molecule has 32 heavy (non-hydrogen) atoms. The Labute approximate surface area is 188 Å². The van der Waals surface area contributed by atoms with Crippen LogP contribution in [0.4, 0.5) is 0 Å². The van der Waals surface area contributed by atoms with Gasteiger partial charge >= 0.3 is 5.97 Å². The van der Waals surface area contributed by atoms with Crippen molar-refractivity contribution in [3.63, 3.8) is 0 Å². The maximum absolute atomic E-state index is 12.5. The number of fused-ring (bicyclic) bond motifs is 2. The van der Waals surface area contributed by atoms with Gasteiger partial charge in [-0.1, -0.05) is 25.5 Å². The highest BCUT2D eigenvalue weighted by Gasteiger charge is 2.34. The summed E-state index contributed by atoms with van der Waals surface area (Å²) >= 11 is 0. The lowest BCUT2D eigenvalue weighted by molar-refractivity contribution is -0.150. The standard InChI is InChI=1S/C27H29NO4/c1-2-3-13-32-26(27(29)30)25-20-7-4-12-28-22(20)16-21(17-8-9-17)24(25)19-10-11-23-18(15-19)6-5-14-31-23/h4,7,10-12,15-17,26H,2-3,5-6,8-9,13-14H2,1H3,(H,29,30). The summed E-state index contributed by atoms with van der Waals surface area (Å²) in [5.74, 6) is 0.417. The van der Waals surface area contributed by atoms with E-state index in [1.54, 1.807) is 6.20 Å². The van der Waals surface area contributed by atoms with Gasteiger partial charge in [0.25, 0.3) is 0 Å². The Bertz CT molecular complexity index is 1150. The monoisotopic (exact) mass is 431 g/mol. The van der Waals surface area contributed by atoms with E-state index in [0.29, 0.717) is 12.5 Å². The average Bonchev–Trinajstić information content (AvgIpc) is 3.66. The quantitative estimate of drug-likeness (QED) is 0.440. The van der Waals surface area contributed by atoms with Crippen LogP contribution in [0.2, 0.25) is 0 Å². The van der Waals surface area contributed by atoms with Gasteiger partial charge in [-0.25, -0.2) is 4.79 Å². The predicted octanol–water partition coefficient (Wildman–Crippen LogP) is 6.05. The maximum atomic E-state index is 12.5. The van der Waals surface area contributed by atoms with Crippen molar-refractivity contribution >= 4 is 16.9 Å². The first-order valence-electron chi connectivity index (χ1n) is 11.7. The van der Waals surface area contributed by atoms with Gasteiger partial charge in [-0.3, -0.25) is 4.98 Å². The molecule has 1 unspecified atom stereocenters. The van der Waals surface area contributed by atoms with Crippen molar-refractivity contribution in [3.05, 3.63) is 59.3 Å². The summed E-state index contributed by atoms with van der Waals surface area (Å²) in [7, 11) is 0. The van der Waals surface area contributed by atoms with Crippen LogP contribution in [0.15, 0.2) is 42.6 Å². The lowest BCUT2D eigenvalue weighted by atomic mass is 9.85. The van der Waals surface area contributed by atoms with Gasteiger partial charge in [-0.05, 0) is 84.5 Å². The van der Waals surface area contributed by atoms with Gasteiger partial charge in [0.2, 0.25) is 0 Å². The molecule has 0 amide bonds. The molecule has 5 heteroatoms. The molecular weight excluding hydrogens is 402 g/mol. The Morgan fingerprint density at radius 2 is 2.16 bits per heavy atom. The minimum absolute atomic E-state index is 0.417. The first-order valence-corrected chi connectivity index (χ1v) is 11.7. The Morgan fingerprint density at radius 3 is 2.94 bits per heavy atom. The van der Waals surface area contributed by atoms with Crippen LogP contribution >= 0.6 is 0 Å². The summed E-state index contributed by atoms with van der Waals surface area (Å²) in [6, 6.07) is 12.3. The zero-order valence-electron chi connectivity index (χ0n) is 18.5. The van der Waals surface area contributed by atoms with E-state index in [0.717, 1.165) is 78.5 Å². The molecule has 1 fully saturated rings. The summed E-state index contributed by atoms with van der Waals surface area (Å²) in [5.41, 5.74) is 5.99. The summed E-state index contributed by atoms with van der Waals surface area (Å²) in [5, 5.41) is 11.1. The molecule has 0 bridgehead atoms. The van der Waals surface area contributed by atoms with Crippen LogP contribution in [0.25, 0.3) is 22.0 Å². The zero-order valence-corrected chi connectivity index (χ0v) is 18.5. The molecule has 0 radical (unpaired) electrons. The van der Waals surface area contributed by atoms with Crippen LogP contribution in [0.3, 0.4) is 0 Å². The molecule has 1 aliphatic heterocycles. The fourth-order valence-electron chi connectivity index (χ4n) is 4.72. The van der Waals surface area contributed by atoms with Gasteiger partial charge in [0.05, 0.1) is 12.1 Å². The number of aromatic nitrogens is 1. The van der Waals surface area contributed by atoms with Crippen LogP contribution in [-0.2, 0) is 16.0 Å². The van der Waals surface area contributed by atoms with Crippen LogP contribution in [0.5, 0.6) is 5.75 Å². The molecule has 1 atom stereocenters. The molecule has 166 valence electrons. The van der Waals surface area contributed by atoms with Crippen LogP contribution in [0.1, 0.15) is 67.7 Å². The number of ether oxygens (including phenoxy) is 2. The number of benzene rings is 2. The molecule has 1 aliphatic carbocycles. The first-order chi connectivity index (χ1) is 15.7. The van der Waals surface area contributed by atoms with Crippen molar-refractivity contribution in [2.75, 3.05) is 13.2 Å². The van der Waals surface area contributed by atoms with E-state index in [9.17, 15) is 9.90 Å². The third kappa shape index (κ3) is 3.97. The summed E-state index contributed by atoms with van der Waals surface area (Å²) in [4.78, 5) is 17.1. The van der Waals surface area contributed by atoms with E-state index < -0.39 is 12.1 Å². The summed E-state index contributed by atoms with van der Waals surface area (Å²) < 4.78 is 11.8. The van der Waals surface area contributed by atoms with Crippen molar-refractivity contribution in [1.29, 1.82) is 0 Å². The van der Waals surface area contributed by atoms with Crippen molar-refractivity contribution in [2.45, 2.75) is 57.5 Å². The molecule has 3 aromatic rings. The molecule has 0 saturated heterocycles. The average molecular weight is 432 g/mol. The lowest BCUT2D eigenvalue weighted by Gasteiger charge is -2.24. The third-order valence-corrected chi connectivity index (χ3v) is 6.46. The minimum Gasteiger partial charge on any atom is -0.493 e. The number of pyridine rings is 1. The number of nitrogens with zero attached hydrogens (tertiary/aromatic N) is 1. The Kier molecular flexibility index (Phi) is 5.83. The number of rotatable bonds is 8. The first kappa shape index (κ1) is 21.0. The molecule has 5 rings (SSSR count). The number of carboxylic acid groups (broad SMARTS) is 1. The maximum Gasteiger partial charge on any atom is 0.337 e. The minimum atomic E-state index is -1.03. The van der Waals surface area contributed by atoms with Gasteiger partial charge in [-0.2, -0.15) is 0 Å². The number of hydrogen-bond acceptors (Lipinski definition) is 4. The fourth-order valence-corrected chi connectivity index (χ4v) is 4.72. The molecule has 1 N–H and O–H groups in total. The van der Waals surface area contributed by atoms with Crippen LogP contribution in [-0.4, -0.2) is 29.3 Å². The van der Waals surface area contributed by atoms with E-state index in [4.69, 9.17) is 9.47 Å².